The topological polar surface area (TPSA) is 32.5 Å². The molecule has 0 amide bonds. The van der Waals surface area contributed by atoms with Gasteiger partial charge in [-0.25, -0.2) is 4.39 Å². The van der Waals surface area contributed by atoms with Gasteiger partial charge in [-0.1, -0.05) is 6.07 Å². The van der Waals surface area contributed by atoms with Gasteiger partial charge in [-0.2, -0.15) is 0 Å². The summed E-state index contributed by atoms with van der Waals surface area (Å²) in [7, 11) is 4.13. The fourth-order valence-electron chi connectivity index (χ4n) is 2.85. The Bertz CT molecular complexity index is 439. The van der Waals surface area contributed by atoms with Gasteiger partial charge < -0.3 is 15.5 Å². The number of nitrogens with two attached hydrogens (primary N) is 1. The molecule has 0 spiro atoms. The number of benzene rings is 1. The van der Waals surface area contributed by atoms with Gasteiger partial charge in [0.2, 0.25) is 0 Å². The molecule has 0 unspecified atom stereocenters. The first-order chi connectivity index (χ1) is 9.47. The summed E-state index contributed by atoms with van der Waals surface area (Å²) in [5.41, 5.74) is 7.31. The van der Waals surface area contributed by atoms with Crippen LogP contribution in [0.25, 0.3) is 0 Å². The number of hydrogen-bond donors (Lipinski definition) is 1. The molecule has 2 N–H and O–H groups in total. The van der Waals surface area contributed by atoms with E-state index in [0.717, 1.165) is 25.2 Å². The Hall–Kier alpha value is -1.13. The van der Waals surface area contributed by atoms with Gasteiger partial charge in [-0.3, -0.25) is 0 Å². The fraction of sp³-hybridized carbons (Fsp3) is 0.625. The Morgan fingerprint density at radius 3 is 2.60 bits per heavy atom. The second-order valence-corrected chi connectivity index (χ2v) is 6.13. The first-order valence-electron chi connectivity index (χ1n) is 7.42. The molecule has 0 bridgehead atoms. The van der Waals surface area contributed by atoms with Crippen molar-refractivity contribution in [2.45, 2.75) is 25.8 Å². The lowest BCUT2D eigenvalue weighted by Gasteiger charge is -2.32. The minimum absolute atomic E-state index is 0.127. The van der Waals surface area contributed by atoms with Crippen molar-refractivity contribution < 1.29 is 4.39 Å². The van der Waals surface area contributed by atoms with Gasteiger partial charge in [-0.05, 0) is 63.5 Å². The molecule has 2 rings (SSSR count). The Kier molecular flexibility index (Phi) is 5.00. The van der Waals surface area contributed by atoms with Gasteiger partial charge in [0.1, 0.15) is 5.82 Å². The van der Waals surface area contributed by atoms with Crippen molar-refractivity contribution >= 4 is 5.69 Å². The summed E-state index contributed by atoms with van der Waals surface area (Å²) >= 11 is 0. The Balaban J connectivity index is 2.00. The molecule has 112 valence electrons. The molecule has 20 heavy (non-hydrogen) atoms. The van der Waals surface area contributed by atoms with E-state index in [9.17, 15) is 4.39 Å². The van der Waals surface area contributed by atoms with Crippen molar-refractivity contribution in [2.75, 3.05) is 38.6 Å². The highest BCUT2D eigenvalue weighted by atomic mass is 19.1. The highest BCUT2D eigenvalue weighted by Gasteiger charge is 2.19. The van der Waals surface area contributed by atoms with Crippen LogP contribution < -0.4 is 10.6 Å². The minimum Gasteiger partial charge on any atom is -0.372 e. The summed E-state index contributed by atoms with van der Waals surface area (Å²) < 4.78 is 14.2. The van der Waals surface area contributed by atoms with Crippen LogP contribution in [0.5, 0.6) is 0 Å². The molecule has 3 nitrogen and oxygen atoms in total. The molecule has 1 heterocycles. The van der Waals surface area contributed by atoms with Gasteiger partial charge >= 0.3 is 0 Å². The van der Waals surface area contributed by atoms with Gasteiger partial charge in [0.05, 0.1) is 5.69 Å². The van der Waals surface area contributed by atoms with Crippen LogP contribution in [-0.2, 0) is 0 Å². The summed E-state index contributed by atoms with van der Waals surface area (Å²) in [6, 6.07) is 5.21. The molecule has 1 fully saturated rings. The lowest BCUT2D eigenvalue weighted by atomic mass is 9.96. The van der Waals surface area contributed by atoms with E-state index < -0.39 is 0 Å². The zero-order valence-corrected chi connectivity index (χ0v) is 12.8. The number of hydrogen-bond acceptors (Lipinski definition) is 3. The fourth-order valence-corrected chi connectivity index (χ4v) is 2.85. The van der Waals surface area contributed by atoms with Crippen LogP contribution in [0.3, 0.4) is 0 Å². The normalized spacial score (nSPS) is 19.1. The third-order valence-electron chi connectivity index (χ3n) is 4.28. The Morgan fingerprint density at radius 1 is 1.40 bits per heavy atom. The molecule has 0 aliphatic carbocycles. The van der Waals surface area contributed by atoms with Crippen molar-refractivity contribution in [3.63, 3.8) is 0 Å². The maximum atomic E-state index is 14.2. The number of likely N-dealkylation sites (tertiary alicyclic amines) is 1. The molecule has 1 saturated heterocycles. The molecule has 1 aliphatic rings. The average Bonchev–Trinajstić information content (AvgIpc) is 2.41. The summed E-state index contributed by atoms with van der Waals surface area (Å²) in [5.74, 6) is 0.485. The van der Waals surface area contributed by atoms with Crippen LogP contribution in [-0.4, -0.2) is 38.6 Å². The lowest BCUT2D eigenvalue weighted by molar-refractivity contribution is 0.222. The van der Waals surface area contributed by atoms with E-state index in [-0.39, 0.29) is 11.9 Å². The summed E-state index contributed by atoms with van der Waals surface area (Å²) in [4.78, 5) is 4.39. The number of rotatable bonds is 4. The maximum Gasteiger partial charge on any atom is 0.146 e. The molecule has 1 aliphatic heterocycles. The molecule has 0 radical (unpaired) electrons. The average molecular weight is 279 g/mol. The molecule has 0 aromatic heterocycles. The van der Waals surface area contributed by atoms with Crippen molar-refractivity contribution in [1.82, 2.24) is 4.90 Å². The number of anilines is 1. The molecule has 1 aromatic rings. The molecule has 4 heteroatoms. The Morgan fingerprint density at radius 2 is 2.05 bits per heavy atom. The summed E-state index contributed by atoms with van der Waals surface area (Å²) in [6.07, 6.45) is 2.39. The van der Waals surface area contributed by atoms with Crippen LogP contribution in [0.2, 0.25) is 0 Å². The first-order valence-corrected chi connectivity index (χ1v) is 7.42. The van der Waals surface area contributed by atoms with E-state index in [2.05, 4.69) is 11.9 Å². The van der Waals surface area contributed by atoms with Gasteiger partial charge in [0.15, 0.2) is 0 Å². The van der Waals surface area contributed by atoms with Crippen LogP contribution in [0, 0.1) is 11.7 Å². The van der Waals surface area contributed by atoms with Crippen molar-refractivity contribution in [3.05, 3.63) is 29.6 Å². The monoisotopic (exact) mass is 279 g/mol. The van der Waals surface area contributed by atoms with Crippen molar-refractivity contribution in [3.8, 4) is 0 Å². The predicted octanol–water partition coefficient (Wildman–Crippen LogP) is 2.62. The summed E-state index contributed by atoms with van der Waals surface area (Å²) in [6.45, 7) is 5.08. The smallest absolute Gasteiger partial charge is 0.146 e. The highest BCUT2D eigenvalue weighted by molar-refractivity contribution is 5.49. The predicted molar refractivity (Wildman–Crippen MR) is 82.5 cm³/mol. The van der Waals surface area contributed by atoms with E-state index in [1.807, 2.05) is 31.0 Å². The van der Waals surface area contributed by atoms with E-state index in [0.29, 0.717) is 11.6 Å². The minimum atomic E-state index is -0.171. The molecule has 0 saturated carbocycles. The molecular weight excluding hydrogens is 253 g/mol. The van der Waals surface area contributed by atoms with Crippen LogP contribution in [0.1, 0.15) is 31.4 Å². The third kappa shape index (κ3) is 3.70. The van der Waals surface area contributed by atoms with Crippen LogP contribution >= 0.6 is 0 Å². The largest absolute Gasteiger partial charge is 0.372 e. The van der Waals surface area contributed by atoms with E-state index in [1.165, 1.54) is 12.8 Å². The number of piperidine rings is 1. The second kappa shape index (κ2) is 6.55. The van der Waals surface area contributed by atoms with Crippen molar-refractivity contribution in [1.29, 1.82) is 0 Å². The first kappa shape index (κ1) is 15.3. The van der Waals surface area contributed by atoms with Gasteiger partial charge in [0.25, 0.3) is 0 Å². The number of nitrogens with zero attached hydrogens (tertiary/aromatic N) is 2. The summed E-state index contributed by atoms with van der Waals surface area (Å²) in [5, 5.41) is 0. The standard InChI is InChI=1S/C16H26FN3/c1-12(18)14-4-5-16(15(17)10-14)20(3)11-13-6-8-19(2)9-7-13/h4-5,10,12-13H,6-9,11,18H2,1-3H3/t12-/m0/s1. The lowest BCUT2D eigenvalue weighted by Crippen LogP contribution is -2.36. The molecule has 1 atom stereocenters. The third-order valence-corrected chi connectivity index (χ3v) is 4.28. The maximum absolute atomic E-state index is 14.2. The van der Waals surface area contributed by atoms with Crippen LogP contribution in [0.15, 0.2) is 18.2 Å². The van der Waals surface area contributed by atoms with Crippen LogP contribution in [0.4, 0.5) is 10.1 Å². The Labute approximate surface area is 121 Å². The molecule has 1 aromatic carbocycles. The quantitative estimate of drug-likeness (QED) is 0.919. The zero-order chi connectivity index (χ0) is 14.7. The SMILES string of the molecule is C[C@H](N)c1ccc(N(C)CC2CCN(C)CC2)c(F)c1. The van der Waals surface area contributed by atoms with Crippen molar-refractivity contribution in [2.24, 2.45) is 11.7 Å². The van der Waals surface area contributed by atoms with E-state index >= 15 is 0 Å². The zero-order valence-electron chi connectivity index (χ0n) is 12.8. The second-order valence-electron chi connectivity index (χ2n) is 6.13. The molecular formula is C16H26FN3. The van der Waals surface area contributed by atoms with Gasteiger partial charge in [0, 0.05) is 19.6 Å². The number of halogens is 1. The van der Waals surface area contributed by atoms with E-state index in [1.54, 1.807) is 6.07 Å². The highest BCUT2D eigenvalue weighted by Crippen LogP contribution is 2.25. The van der Waals surface area contributed by atoms with E-state index in [4.69, 9.17) is 5.73 Å². The van der Waals surface area contributed by atoms with Gasteiger partial charge in [-0.15, -0.1) is 0 Å².